The van der Waals surface area contributed by atoms with Gasteiger partial charge in [0.05, 0.1) is 16.1 Å². The van der Waals surface area contributed by atoms with E-state index in [2.05, 4.69) is 10.3 Å². The average molecular weight is 304 g/mol. The van der Waals surface area contributed by atoms with Gasteiger partial charge in [-0.05, 0) is 36.6 Å². The first-order valence-electron chi connectivity index (χ1n) is 5.65. The fourth-order valence-electron chi connectivity index (χ4n) is 1.61. The maximum atomic E-state index is 12.2. The van der Waals surface area contributed by atoms with Gasteiger partial charge >= 0.3 is 0 Å². The number of benzene rings is 1. The summed E-state index contributed by atoms with van der Waals surface area (Å²) in [5, 5.41) is 12.5. The van der Waals surface area contributed by atoms with E-state index in [1.54, 1.807) is 36.5 Å². The van der Waals surface area contributed by atoms with Crippen LogP contribution >= 0.6 is 23.4 Å². The summed E-state index contributed by atoms with van der Waals surface area (Å²) in [7, 11) is 0. The molecule has 0 aliphatic heterocycles. The third kappa shape index (κ3) is 3.10. The molecular weight excluding hydrogens is 294 g/mol. The molecular formula is C14H10ClN3OS. The van der Waals surface area contributed by atoms with Crippen LogP contribution in [0.4, 0.5) is 5.69 Å². The minimum Gasteiger partial charge on any atom is -0.322 e. The third-order valence-corrected chi connectivity index (χ3v) is 3.58. The van der Waals surface area contributed by atoms with Crippen molar-refractivity contribution in [2.24, 2.45) is 0 Å². The summed E-state index contributed by atoms with van der Waals surface area (Å²) >= 11 is 7.33. The van der Waals surface area contributed by atoms with Gasteiger partial charge in [0, 0.05) is 11.9 Å². The van der Waals surface area contributed by atoms with Gasteiger partial charge in [-0.15, -0.1) is 11.8 Å². The number of hydrogen-bond donors (Lipinski definition) is 1. The topological polar surface area (TPSA) is 65.8 Å². The Bertz CT molecular complexity index is 697. The van der Waals surface area contributed by atoms with Crippen molar-refractivity contribution in [3.63, 3.8) is 0 Å². The number of hydrogen-bond acceptors (Lipinski definition) is 4. The molecule has 20 heavy (non-hydrogen) atoms. The van der Waals surface area contributed by atoms with Crippen LogP contribution in [0.2, 0.25) is 5.02 Å². The molecule has 0 unspecified atom stereocenters. The molecule has 6 heteroatoms. The lowest BCUT2D eigenvalue weighted by molar-refractivity contribution is 0.102. The first-order valence-corrected chi connectivity index (χ1v) is 7.26. The Morgan fingerprint density at radius 3 is 2.90 bits per heavy atom. The van der Waals surface area contributed by atoms with Crippen molar-refractivity contribution in [1.82, 2.24) is 4.98 Å². The molecule has 2 rings (SSSR count). The van der Waals surface area contributed by atoms with Gasteiger partial charge in [-0.25, -0.2) is 4.98 Å². The van der Waals surface area contributed by atoms with Crippen LogP contribution in [-0.2, 0) is 0 Å². The van der Waals surface area contributed by atoms with Gasteiger partial charge in [-0.1, -0.05) is 11.6 Å². The summed E-state index contributed by atoms with van der Waals surface area (Å²) in [6.07, 6.45) is 3.50. The molecule has 0 atom stereocenters. The van der Waals surface area contributed by atoms with Crippen molar-refractivity contribution < 1.29 is 4.79 Å². The van der Waals surface area contributed by atoms with Gasteiger partial charge in [0.25, 0.3) is 5.91 Å². The highest BCUT2D eigenvalue weighted by Crippen LogP contribution is 2.22. The van der Waals surface area contributed by atoms with Crippen LogP contribution in [0.15, 0.2) is 41.6 Å². The summed E-state index contributed by atoms with van der Waals surface area (Å²) in [5.74, 6) is -0.261. The standard InChI is InChI=1S/C14H10ClN3OS/c1-20-14-11(3-2-6-17-14)13(19)18-10-5-4-9(8-16)12(15)7-10/h2-7H,1H3,(H,18,19). The molecule has 1 N–H and O–H groups in total. The molecule has 1 amide bonds. The van der Waals surface area contributed by atoms with Crippen molar-refractivity contribution in [2.45, 2.75) is 5.03 Å². The van der Waals surface area contributed by atoms with E-state index in [9.17, 15) is 4.79 Å². The molecule has 0 spiro atoms. The molecule has 0 saturated heterocycles. The molecule has 1 heterocycles. The molecule has 0 fully saturated rings. The smallest absolute Gasteiger partial charge is 0.258 e. The van der Waals surface area contributed by atoms with Crippen molar-refractivity contribution >= 4 is 35.0 Å². The fraction of sp³-hybridized carbons (Fsp3) is 0.0714. The molecule has 2 aromatic rings. The molecule has 0 aliphatic rings. The summed E-state index contributed by atoms with van der Waals surface area (Å²) in [4.78, 5) is 16.3. The molecule has 0 bridgehead atoms. The molecule has 1 aromatic carbocycles. The summed E-state index contributed by atoms with van der Waals surface area (Å²) < 4.78 is 0. The average Bonchev–Trinajstić information content (AvgIpc) is 2.47. The monoisotopic (exact) mass is 303 g/mol. The van der Waals surface area contributed by atoms with Gasteiger partial charge in [0.1, 0.15) is 11.1 Å². The molecule has 0 radical (unpaired) electrons. The largest absolute Gasteiger partial charge is 0.322 e. The Morgan fingerprint density at radius 1 is 1.45 bits per heavy atom. The van der Waals surface area contributed by atoms with Crippen molar-refractivity contribution in [3.8, 4) is 6.07 Å². The lowest BCUT2D eigenvalue weighted by atomic mass is 10.2. The number of carbonyl (C=O) groups excluding carboxylic acids is 1. The predicted molar refractivity (Wildman–Crippen MR) is 80.1 cm³/mol. The summed E-state index contributed by atoms with van der Waals surface area (Å²) in [5.41, 5.74) is 1.41. The number of nitrogens with one attached hydrogen (secondary N) is 1. The highest BCUT2D eigenvalue weighted by atomic mass is 35.5. The predicted octanol–water partition coefficient (Wildman–Crippen LogP) is 3.58. The van der Waals surface area contributed by atoms with E-state index in [0.29, 0.717) is 26.9 Å². The zero-order valence-corrected chi connectivity index (χ0v) is 12.1. The zero-order valence-electron chi connectivity index (χ0n) is 10.6. The van der Waals surface area contributed by atoms with E-state index in [-0.39, 0.29) is 5.91 Å². The van der Waals surface area contributed by atoms with E-state index in [0.717, 1.165) is 0 Å². The number of amides is 1. The Hall–Kier alpha value is -2.03. The van der Waals surface area contributed by atoms with Gasteiger partial charge in [0.15, 0.2) is 0 Å². The van der Waals surface area contributed by atoms with Crippen LogP contribution in [0.1, 0.15) is 15.9 Å². The maximum absolute atomic E-state index is 12.2. The number of nitriles is 1. The lowest BCUT2D eigenvalue weighted by Crippen LogP contribution is -2.13. The number of thioether (sulfide) groups is 1. The molecule has 0 aliphatic carbocycles. The molecule has 4 nitrogen and oxygen atoms in total. The fourth-order valence-corrected chi connectivity index (χ4v) is 2.38. The van der Waals surface area contributed by atoms with E-state index in [1.807, 2.05) is 12.3 Å². The normalized spacial score (nSPS) is 9.85. The van der Waals surface area contributed by atoms with Crippen molar-refractivity contribution in [1.29, 1.82) is 5.26 Å². The lowest BCUT2D eigenvalue weighted by Gasteiger charge is -2.08. The number of rotatable bonds is 3. The Morgan fingerprint density at radius 2 is 2.25 bits per heavy atom. The highest BCUT2D eigenvalue weighted by Gasteiger charge is 2.12. The second kappa shape index (κ2) is 6.42. The molecule has 100 valence electrons. The second-order valence-electron chi connectivity index (χ2n) is 3.82. The number of pyridine rings is 1. The van der Waals surface area contributed by atoms with Crippen molar-refractivity contribution in [2.75, 3.05) is 11.6 Å². The van der Waals surface area contributed by atoms with Gasteiger partial charge in [0.2, 0.25) is 0 Å². The number of aromatic nitrogens is 1. The molecule has 0 saturated carbocycles. The number of anilines is 1. The van der Waals surface area contributed by atoms with E-state index >= 15 is 0 Å². The second-order valence-corrected chi connectivity index (χ2v) is 5.02. The van der Waals surface area contributed by atoms with E-state index < -0.39 is 0 Å². The minimum absolute atomic E-state index is 0.261. The Balaban J connectivity index is 2.24. The number of nitrogens with zero attached hydrogens (tertiary/aromatic N) is 2. The van der Waals surface area contributed by atoms with Crippen molar-refractivity contribution in [3.05, 3.63) is 52.7 Å². The van der Waals surface area contributed by atoms with Crippen LogP contribution in [0.5, 0.6) is 0 Å². The molecule has 1 aromatic heterocycles. The number of carbonyl (C=O) groups is 1. The Kier molecular flexibility index (Phi) is 4.61. The first kappa shape index (κ1) is 14.4. The van der Waals surface area contributed by atoms with Crippen LogP contribution < -0.4 is 5.32 Å². The minimum atomic E-state index is -0.261. The zero-order chi connectivity index (χ0) is 14.5. The summed E-state index contributed by atoms with van der Waals surface area (Å²) in [6, 6.07) is 10.1. The van der Waals surface area contributed by atoms with E-state index in [1.165, 1.54) is 11.8 Å². The first-order chi connectivity index (χ1) is 9.65. The third-order valence-electron chi connectivity index (χ3n) is 2.56. The van der Waals surface area contributed by atoms with Gasteiger partial charge in [-0.3, -0.25) is 4.79 Å². The SMILES string of the molecule is CSc1ncccc1C(=O)Nc1ccc(C#N)c(Cl)c1. The highest BCUT2D eigenvalue weighted by molar-refractivity contribution is 7.98. The maximum Gasteiger partial charge on any atom is 0.258 e. The van der Waals surface area contributed by atoms with Gasteiger partial charge in [-0.2, -0.15) is 5.26 Å². The van der Waals surface area contributed by atoms with E-state index in [4.69, 9.17) is 16.9 Å². The van der Waals surface area contributed by atoms with Crippen LogP contribution in [0.25, 0.3) is 0 Å². The van der Waals surface area contributed by atoms with Crippen LogP contribution in [0.3, 0.4) is 0 Å². The number of halogens is 1. The summed E-state index contributed by atoms with van der Waals surface area (Å²) in [6.45, 7) is 0. The van der Waals surface area contributed by atoms with Crippen LogP contribution in [0, 0.1) is 11.3 Å². The quantitative estimate of drug-likeness (QED) is 0.880. The van der Waals surface area contributed by atoms with Gasteiger partial charge < -0.3 is 5.32 Å². The van der Waals surface area contributed by atoms with Crippen LogP contribution in [-0.4, -0.2) is 17.1 Å². The Labute approximate surface area is 125 Å².